The van der Waals surface area contributed by atoms with Crippen molar-refractivity contribution in [1.82, 2.24) is 0 Å². The van der Waals surface area contributed by atoms with E-state index in [4.69, 9.17) is 10.5 Å². The second-order valence-corrected chi connectivity index (χ2v) is 6.44. The van der Waals surface area contributed by atoms with Crippen molar-refractivity contribution in [1.29, 1.82) is 0 Å². The zero-order chi connectivity index (χ0) is 15.6. The Bertz CT molecular complexity index is 770. The van der Waals surface area contributed by atoms with Crippen molar-refractivity contribution < 1.29 is 13.2 Å². The van der Waals surface area contributed by atoms with E-state index < -0.39 is 10.0 Å². The van der Waals surface area contributed by atoms with Gasteiger partial charge in [-0.15, -0.1) is 0 Å². The summed E-state index contributed by atoms with van der Waals surface area (Å²) >= 11 is 0. The average Bonchev–Trinajstić information content (AvgIpc) is 2.43. The normalized spacial score (nSPS) is 11.2. The maximum absolute atomic E-state index is 12.4. The van der Waals surface area contributed by atoms with Crippen LogP contribution in [0, 0.1) is 13.8 Å². The summed E-state index contributed by atoms with van der Waals surface area (Å²) < 4.78 is 32.5. The number of benzene rings is 2. The van der Waals surface area contributed by atoms with Crippen molar-refractivity contribution in [2.45, 2.75) is 18.7 Å². The third-order valence-corrected chi connectivity index (χ3v) is 4.66. The van der Waals surface area contributed by atoms with Gasteiger partial charge in [-0.2, -0.15) is 0 Å². The summed E-state index contributed by atoms with van der Waals surface area (Å²) in [5.41, 5.74) is 8.26. The Morgan fingerprint density at radius 2 is 1.86 bits per heavy atom. The molecule has 0 atom stereocenters. The molecule has 3 N–H and O–H groups in total. The molecule has 21 heavy (non-hydrogen) atoms. The van der Waals surface area contributed by atoms with Gasteiger partial charge in [-0.3, -0.25) is 4.72 Å². The minimum Gasteiger partial charge on any atom is -0.496 e. The second kappa shape index (κ2) is 5.65. The lowest BCUT2D eigenvalue weighted by atomic mass is 10.2. The summed E-state index contributed by atoms with van der Waals surface area (Å²) in [7, 11) is -2.11. The fourth-order valence-corrected chi connectivity index (χ4v) is 3.19. The first-order valence-electron chi connectivity index (χ1n) is 6.37. The second-order valence-electron chi connectivity index (χ2n) is 4.76. The number of aryl methyl sites for hydroxylation is 1. The van der Waals surface area contributed by atoms with E-state index >= 15 is 0 Å². The van der Waals surface area contributed by atoms with E-state index in [1.165, 1.54) is 6.07 Å². The number of nitrogen functional groups attached to an aromatic ring is 1. The maximum atomic E-state index is 12.4. The fraction of sp³-hybridized carbons (Fsp3) is 0.200. The lowest BCUT2D eigenvalue weighted by Gasteiger charge is -2.13. The molecule has 112 valence electrons. The minimum absolute atomic E-state index is 0.183. The molecule has 2 rings (SSSR count). The van der Waals surface area contributed by atoms with Gasteiger partial charge >= 0.3 is 0 Å². The number of hydrogen-bond acceptors (Lipinski definition) is 4. The van der Waals surface area contributed by atoms with E-state index in [0.717, 1.165) is 5.56 Å². The molecule has 0 spiro atoms. The van der Waals surface area contributed by atoms with E-state index in [2.05, 4.69) is 4.72 Å². The molecule has 0 bridgehead atoms. The molecule has 0 aromatic heterocycles. The number of ether oxygens (including phenoxy) is 1. The molecular weight excluding hydrogens is 288 g/mol. The van der Waals surface area contributed by atoms with E-state index in [1.54, 1.807) is 51.3 Å². The Balaban J connectivity index is 2.39. The molecule has 0 heterocycles. The van der Waals surface area contributed by atoms with Crippen molar-refractivity contribution in [3.63, 3.8) is 0 Å². The highest BCUT2D eigenvalue weighted by Crippen LogP contribution is 2.26. The first kappa shape index (κ1) is 15.2. The molecule has 0 fully saturated rings. The quantitative estimate of drug-likeness (QED) is 0.851. The van der Waals surface area contributed by atoms with Crippen molar-refractivity contribution in [2.24, 2.45) is 0 Å². The van der Waals surface area contributed by atoms with E-state index in [9.17, 15) is 8.42 Å². The van der Waals surface area contributed by atoms with Gasteiger partial charge in [0.2, 0.25) is 0 Å². The van der Waals surface area contributed by atoms with E-state index in [1.807, 2.05) is 0 Å². The molecule has 5 nitrogen and oxygen atoms in total. The molecule has 0 aliphatic carbocycles. The number of methoxy groups -OCH3 is 1. The highest BCUT2D eigenvalue weighted by Gasteiger charge is 2.17. The summed E-state index contributed by atoms with van der Waals surface area (Å²) in [6.07, 6.45) is 0. The van der Waals surface area contributed by atoms with Crippen LogP contribution in [0.4, 0.5) is 11.4 Å². The van der Waals surface area contributed by atoms with Crippen LogP contribution in [0.25, 0.3) is 0 Å². The van der Waals surface area contributed by atoms with Gasteiger partial charge in [0, 0.05) is 5.69 Å². The van der Waals surface area contributed by atoms with Crippen LogP contribution in [-0.2, 0) is 10.0 Å². The van der Waals surface area contributed by atoms with Gasteiger partial charge in [0.05, 0.1) is 17.7 Å². The molecule has 0 aliphatic rings. The SMILES string of the molecule is COc1ccc(S(=O)(=O)Nc2cccc(N)c2C)cc1C. The predicted octanol–water partition coefficient (Wildman–Crippen LogP) is 2.70. The van der Waals surface area contributed by atoms with E-state index in [-0.39, 0.29) is 4.90 Å². The average molecular weight is 306 g/mol. The predicted molar refractivity (Wildman–Crippen MR) is 84.1 cm³/mol. The fourth-order valence-electron chi connectivity index (χ4n) is 1.99. The Morgan fingerprint density at radius 1 is 1.14 bits per heavy atom. The molecule has 2 aromatic rings. The molecular formula is C15H18N2O3S. The minimum atomic E-state index is -3.66. The van der Waals surface area contributed by atoms with Crippen molar-refractivity contribution >= 4 is 21.4 Å². The topological polar surface area (TPSA) is 81.4 Å². The molecule has 0 aliphatic heterocycles. The van der Waals surface area contributed by atoms with Gasteiger partial charge in [-0.1, -0.05) is 6.07 Å². The van der Waals surface area contributed by atoms with E-state index in [0.29, 0.717) is 22.7 Å². The monoisotopic (exact) mass is 306 g/mol. The zero-order valence-corrected chi connectivity index (χ0v) is 13.0. The zero-order valence-electron chi connectivity index (χ0n) is 12.2. The van der Waals surface area contributed by atoms with Crippen molar-refractivity contribution in [3.8, 4) is 5.75 Å². The van der Waals surface area contributed by atoms with Crippen LogP contribution in [0.3, 0.4) is 0 Å². The molecule has 0 saturated carbocycles. The Kier molecular flexibility index (Phi) is 4.09. The summed E-state index contributed by atoms with van der Waals surface area (Å²) in [5, 5.41) is 0. The van der Waals surface area contributed by atoms with Crippen LogP contribution in [0.1, 0.15) is 11.1 Å². The summed E-state index contributed by atoms with van der Waals surface area (Å²) in [6, 6.07) is 9.83. The Morgan fingerprint density at radius 3 is 2.48 bits per heavy atom. The smallest absolute Gasteiger partial charge is 0.261 e. The van der Waals surface area contributed by atoms with Crippen LogP contribution in [0.5, 0.6) is 5.75 Å². The number of rotatable bonds is 4. The summed E-state index contributed by atoms with van der Waals surface area (Å²) in [4.78, 5) is 0.183. The molecule has 0 saturated heterocycles. The molecule has 0 radical (unpaired) electrons. The largest absolute Gasteiger partial charge is 0.496 e. The first-order valence-corrected chi connectivity index (χ1v) is 7.86. The highest BCUT2D eigenvalue weighted by molar-refractivity contribution is 7.92. The highest BCUT2D eigenvalue weighted by atomic mass is 32.2. The van der Waals surface area contributed by atoms with Crippen molar-refractivity contribution in [2.75, 3.05) is 17.6 Å². The number of nitrogens with two attached hydrogens (primary N) is 1. The molecule has 2 aromatic carbocycles. The lowest BCUT2D eigenvalue weighted by molar-refractivity contribution is 0.411. The third-order valence-electron chi connectivity index (χ3n) is 3.30. The molecule has 6 heteroatoms. The lowest BCUT2D eigenvalue weighted by Crippen LogP contribution is -2.14. The standard InChI is InChI=1S/C15H18N2O3S/c1-10-9-12(7-8-15(10)20-3)21(18,19)17-14-6-4-5-13(16)11(14)2/h4-9,17H,16H2,1-3H3. The third kappa shape index (κ3) is 3.11. The number of nitrogens with one attached hydrogen (secondary N) is 1. The molecule has 0 amide bonds. The van der Waals surface area contributed by atoms with Gasteiger partial charge in [0.1, 0.15) is 5.75 Å². The van der Waals surface area contributed by atoms with Crippen LogP contribution in [0.2, 0.25) is 0 Å². The van der Waals surface area contributed by atoms with Gasteiger partial charge in [0.15, 0.2) is 0 Å². The van der Waals surface area contributed by atoms with Gasteiger partial charge in [0.25, 0.3) is 10.0 Å². The van der Waals surface area contributed by atoms with Gasteiger partial charge < -0.3 is 10.5 Å². The maximum Gasteiger partial charge on any atom is 0.261 e. The first-order chi connectivity index (χ1) is 9.85. The number of hydrogen-bond donors (Lipinski definition) is 2. The summed E-state index contributed by atoms with van der Waals surface area (Å²) in [5.74, 6) is 0.647. The Labute approximate surface area is 124 Å². The number of sulfonamides is 1. The van der Waals surface area contributed by atoms with Crippen LogP contribution >= 0.6 is 0 Å². The van der Waals surface area contributed by atoms with Crippen LogP contribution in [0.15, 0.2) is 41.3 Å². The van der Waals surface area contributed by atoms with Crippen LogP contribution < -0.4 is 15.2 Å². The Hall–Kier alpha value is -2.21. The van der Waals surface area contributed by atoms with Gasteiger partial charge in [-0.05, 0) is 55.3 Å². The van der Waals surface area contributed by atoms with Gasteiger partial charge in [-0.25, -0.2) is 8.42 Å². The van der Waals surface area contributed by atoms with Crippen LogP contribution in [-0.4, -0.2) is 15.5 Å². The van der Waals surface area contributed by atoms with Crippen molar-refractivity contribution in [3.05, 3.63) is 47.5 Å². The summed E-state index contributed by atoms with van der Waals surface area (Å²) in [6.45, 7) is 3.57. The number of anilines is 2. The molecule has 0 unspecified atom stereocenters.